The minimum atomic E-state index is 1.20. The van der Waals surface area contributed by atoms with E-state index in [9.17, 15) is 0 Å². The lowest BCUT2D eigenvalue weighted by molar-refractivity contribution is 0.925. The Labute approximate surface area is 68.3 Å². The van der Waals surface area contributed by atoms with Crippen LogP contribution in [0, 0.1) is 0 Å². The summed E-state index contributed by atoms with van der Waals surface area (Å²) in [5, 5.41) is 0. The van der Waals surface area contributed by atoms with E-state index < -0.39 is 0 Å². The summed E-state index contributed by atoms with van der Waals surface area (Å²) < 4.78 is 0. The predicted octanol–water partition coefficient (Wildman–Crippen LogP) is 3.37. The maximum Gasteiger partial charge on any atom is -0.00638 e. The van der Waals surface area contributed by atoms with E-state index >= 15 is 0 Å². The van der Waals surface area contributed by atoms with Gasteiger partial charge in [-0.3, -0.25) is 0 Å². The normalized spacial score (nSPS) is 23.1. The van der Waals surface area contributed by atoms with Crippen LogP contribution in [0.3, 0.4) is 0 Å². The van der Waals surface area contributed by atoms with Crippen LogP contribution < -0.4 is 0 Å². The molecule has 0 heteroatoms. The molecule has 2 aliphatic rings. The summed E-state index contributed by atoms with van der Waals surface area (Å²) in [6.45, 7) is 4.48. The van der Waals surface area contributed by atoms with Crippen LogP contribution in [-0.2, 0) is 0 Å². The zero-order valence-electron chi connectivity index (χ0n) is 7.28. The Kier molecular flexibility index (Phi) is 1.49. The third-order valence-electron chi connectivity index (χ3n) is 2.58. The number of hydrogen-bond donors (Lipinski definition) is 0. The van der Waals surface area contributed by atoms with E-state index in [-0.39, 0.29) is 0 Å². The molecule has 0 unspecified atom stereocenters. The highest BCUT2D eigenvalue weighted by Gasteiger charge is 2.16. The molecule has 0 aromatic rings. The molecule has 0 radical (unpaired) electrons. The van der Waals surface area contributed by atoms with Crippen molar-refractivity contribution in [2.75, 3.05) is 0 Å². The van der Waals surface area contributed by atoms with Crippen molar-refractivity contribution in [1.29, 1.82) is 0 Å². The summed E-state index contributed by atoms with van der Waals surface area (Å²) in [6.07, 6.45) is 8.47. The molecule has 0 saturated carbocycles. The molecule has 0 nitrogen and oxygen atoms in total. The van der Waals surface area contributed by atoms with Crippen molar-refractivity contribution >= 4 is 0 Å². The summed E-state index contributed by atoms with van der Waals surface area (Å²) in [5.74, 6) is 0. The second-order valence-corrected chi connectivity index (χ2v) is 3.63. The van der Waals surface area contributed by atoms with Gasteiger partial charge < -0.3 is 0 Å². The van der Waals surface area contributed by atoms with E-state index in [1.54, 1.807) is 11.1 Å². The van der Waals surface area contributed by atoms with Crippen molar-refractivity contribution in [2.45, 2.75) is 33.1 Å². The fourth-order valence-electron chi connectivity index (χ4n) is 1.96. The monoisotopic (exact) mass is 146 g/mol. The lowest BCUT2D eigenvalue weighted by Crippen LogP contribution is -1.92. The van der Waals surface area contributed by atoms with Crippen molar-refractivity contribution in [3.63, 3.8) is 0 Å². The molecule has 58 valence electrons. The van der Waals surface area contributed by atoms with E-state index in [2.05, 4.69) is 26.0 Å². The van der Waals surface area contributed by atoms with E-state index in [0.29, 0.717) is 0 Å². The lowest BCUT2D eigenvalue weighted by Gasteiger charge is -2.11. The third kappa shape index (κ3) is 1.07. The Morgan fingerprint density at radius 2 is 2.09 bits per heavy atom. The fourth-order valence-corrected chi connectivity index (χ4v) is 1.96. The van der Waals surface area contributed by atoms with Crippen LogP contribution in [0.4, 0.5) is 0 Å². The van der Waals surface area contributed by atoms with Gasteiger partial charge in [0.2, 0.25) is 0 Å². The maximum absolute atomic E-state index is 2.40. The number of rotatable bonds is 0. The zero-order chi connectivity index (χ0) is 7.84. The first-order valence-corrected chi connectivity index (χ1v) is 4.33. The molecule has 0 amide bonds. The second kappa shape index (κ2) is 2.37. The Balaban J connectivity index is 2.45. The largest absolute Gasteiger partial charge is 0.0801 e. The highest BCUT2D eigenvalue weighted by Crippen LogP contribution is 2.35. The van der Waals surface area contributed by atoms with Crippen molar-refractivity contribution in [1.82, 2.24) is 0 Å². The van der Waals surface area contributed by atoms with Gasteiger partial charge in [-0.05, 0) is 44.3 Å². The van der Waals surface area contributed by atoms with Crippen LogP contribution in [0.1, 0.15) is 33.1 Å². The Hall–Kier alpha value is -0.780. The van der Waals surface area contributed by atoms with Crippen LogP contribution in [0.25, 0.3) is 0 Å². The van der Waals surface area contributed by atoms with Gasteiger partial charge in [0.25, 0.3) is 0 Å². The molecule has 2 rings (SSSR count). The standard InChI is InChI=1S/C11H14/c1-8-6-10-5-3-4-9(2)11(10)7-8/h5,7H,3-4,6H2,1-2H3. The number of allylic oxidation sites excluding steroid dienone is 6. The molecular weight excluding hydrogens is 132 g/mol. The molecule has 0 spiro atoms. The zero-order valence-corrected chi connectivity index (χ0v) is 7.28. The van der Waals surface area contributed by atoms with Crippen LogP contribution >= 0.6 is 0 Å². The average molecular weight is 146 g/mol. The summed E-state index contributed by atoms with van der Waals surface area (Å²) in [4.78, 5) is 0. The topological polar surface area (TPSA) is 0 Å². The van der Waals surface area contributed by atoms with Crippen molar-refractivity contribution in [2.24, 2.45) is 0 Å². The van der Waals surface area contributed by atoms with Gasteiger partial charge in [0, 0.05) is 0 Å². The first-order valence-electron chi connectivity index (χ1n) is 4.33. The molecule has 0 fully saturated rings. The Morgan fingerprint density at radius 1 is 1.27 bits per heavy atom. The van der Waals surface area contributed by atoms with Crippen molar-refractivity contribution < 1.29 is 0 Å². The molecule has 0 atom stereocenters. The lowest BCUT2D eigenvalue weighted by atomic mass is 9.94. The van der Waals surface area contributed by atoms with E-state index in [1.165, 1.54) is 30.4 Å². The predicted molar refractivity (Wildman–Crippen MR) is 48.4 cm³/mol. The van der Waals surface area contributed by atoms with Crippen molar-refractivity contribution in [3.8, 4) is 0 Å². The summed E-state index contributed by atoms with van der Waals surface area (Å²) >= 11 is 0. The average Bonchev–Trinajstić information content (AvgIpc) is 2.31. The minimum absolute atomic E-state index is 1.20. The number of fused-ring (bicyclic) bond motifs is 1. The Bertz CT molecular complexity index is 274. The fraction of sp³-hybridized carbons (Fsp3) is 0.455. The molecule has 0 heterocycles. The highest BCUT2D eigenvalue weighted by molar-refractivity contribution is 5.53. The van der Waals surface area contributed by atoms with Gasteiger partial charge in [-0.15, -0.1) is 0 Å². The molecule has 0 bridgehead atoms. The van der Waals surface area contributed by atoms with E-state index in [1.807, 2.05) is 0 Å². The van der Waals surface area contributed by atoms with Crippen LogP contribution in [0.5, 0.6) is 0 Å². The molecule has 2 aliphatic carbocycles. The molecule has 0 N–H and O–H groups in total. The first-order chi connectivity index (χ1) is 5.27. The number of hydrogen-bond acceptors (Lipinski definition) is 0. The molecule has 0 aromatic heterocycles. The van der Waals surface area contributed by atoms with E-state index in [4.69, 9.17) is 0 Å². The van der Waals surface area contributed by atoms with Gasteiger partial charge in [0.1, 0.15) is 0 Å². The van der Waals surface area contributed by atoms with Gasteiger partial charge in [0.05, 0.1) is 0 Å². The third-order valence-corrected chi connectivity index (χ3v) is 2.58. The molecule has 0 aliphatic heterocycles. The summed E-state index contributed by atoms with van der Waals surface area (Å²) in [7, 11) is 0. The van der Waals surface area contributed by atoms with Gasteiger partial charge in [-0.1, -0.05) is 23.3 Å². The molecule has 0 saturated heterocycles. The molecule has 0 aromatic carbocycles. The van der Waals surface area contributed by atoms with Crippen LogP contribution in [0.15, 0.2) is 34.4 Å². The van der Waals surface area contributed by atoms with Crippen LogP contribution in [0.2, 0.25) is 0 Å². The summed E-state index contributed by atoms with van der Waals surface area (Å²) in [5.41, 5.74) is 6.21. The molecule has 11 heavy (non-hydrogen) atoms. The smallest absolute Gasteiger partial charge is 0.00638 e. The van der Waals surface area contributed by atoms with Gasteiger partial charge in [-0.25, -0.2) is 0 Å². The first kappa shape index (κ1) is 6.90. The van der Waals surface area contributed by atoms with Gasteiger partial charge in [-0.2, -0.15) is 0 Å². The second-order valence-electron chi connectivity index (χ2n) is 3.63. The highest BCUT2D eigenvalue weighted by atomic mass is 14.2. The quantitative estimate of drug-likeness (QED) is 0.491. The molecular formula is C11H14. The van der Waals surface area contributed by atoms with Gasteiger partial charge in [0.15, 0.2) is 0 Å². The minimum Gasteiger partial charge on any atom is -0.0801 e. The maximum atomic E-state index is 2.40. The van der Waals surface area contributed by atoms with Crippen LogP contribution in [-0.4, -0.2) is 0 Å². The van der Waals surface area contributed by atoms with Gasteiger partial charge >= 0.3 is 0 Å². The SMILES string of the molecule is CC1=CC2=C(C)CCC=C2C1. The van der Waals surface area contributed by atoms with Crippen molar-refractivity contribution in [3.05, 3.63) is 34.4 Å². The summed E-state index contributed by atoms with van der Waals surface area (Å²) in [6, 6.07) is 0. The van der Waals surface area contributed by atoms with E-state index in [0.717, 1.165) is 0 Å². The Morgan fingerprint density at radius 3 is 2.82 bits per heavy atom.